The van der Waals surface area contributed by atoms with Crippen LogP contribution in [0.1, 0.15) is 44.1 Å². The van der Waals surface area contributed by atoms with Crippen LogP contribution in [0.3, 0.4) is 0 Å². The normalized spacial score (nSPS) is 25.6. The number of urea groups is 1. The largest absolute Gasteiger partial charge is 0.348 e. The van der Waals surface area contributed by atoms with Crippen LogP contribution in [0.5, 0.6) is 0 Å². The Balaban J connectivity index is 1.15. The van der Waals surface area contributed by atoms with Crippen LogP contribution in [-0.2, 0) is 16.0 Å². The van der Waals surface area contributed by atoms with Crippen molar-refractivity contribution in [3.8, 4) is 0 Å². The van der Waals surface area contributed by atoms with Gasteiger partial charge in [0.05, 0.1) is 13.2 Å². The number of benzene rings is 1. The standard InChI is InChI=1S/C22H33N3O3/c26-21(24-20-8-10-22(11-9-20)27-13-14-28-22)23-15-19-7-4-12-25(17-19)16-18-5-2-1-3-6-18/h1-3,5-6,19-20H,4,7-17H2,(H2,23,24,26). The van der Waals surface area contributed by atoms with Gasteiger partial charge < -0.3 is 20.1 Å². The molecule has 0 aromatic heterocycles. The van der Waals surface area contributed by atoms with Gasteiger partial charge in [0.2, 0.25) is 0 Å². The van der Waals surface area contributed by atoms with Crippen molar-refractivity contribution in [2.75, 3.05) is 32.8 Å². The van der Waals surface area contributed by atoms with E-state index in [9.17, 15) is 4.79 Å². The molecular formula is C22H33N3O3. The van der Waals surface area contributed by atoms with Gasteiger partial charge in [-0.15, -0.1) is 0 Å². The number of carbonyl (C=O) groups excluding carboxylic acids is 1. The molecule has 2 N–H and O–H groups in total. The van der Waals surface area contributed by atoms with Crippen molar-refractivity contribution in [1.29, 1.82) is 0 Å². The first kappa shape index (κ1) is 19.7. The van der Waals surface area contributed by atoms with E-state index in [1.165, 1.54) is 18.4 Å². The molecule has 0 bridgehead atoms. The van der Waals surface area contributed by atoms with Crippen molar-refractivity contribution < 1.29 is 14.3 Å². The number of nitrogens with one attached hydrogen (secondary N) is 2. The number of hydrogen-bond acceptors (Lipinski definition) is 4. The van der Waals surface area contributed by atoms with Gasteiger partial charge in [0.15, 0.2) is 5.79 Å². The molecule has 6 nitrogen and oxygen atoms in total. The molecule has 1 saturated carbocycles. The Bertz CT molecular complexity index is 623. The van der Waals surface area contributed by atoms with E-state index < -0.39 is 0 Å². The van der Waals surface area contributed by atoms with E-state index in [0.717, 1.165) is 51.9 Å². The molecule has 2 amide bonds. The summed E-state index contributed by atoms with van der Waals surface area (Å²) in [6.45, 7) is 5.33. The van der Waals surface area contributed by atoms with Gasteiger partial charge in [-0.3, -0.25) is 4.90 Å². The zero-order chi connectivity index (χ0) is 19.2. The number of nitrogens with zero attached hydrogens (tertiary/aromatic N) is 1. The van der Waals surface area contributed by atoms with Gasteiger partial charge in [0.1, 0.15) is 0 Å². The Hall–Kier alpha value is -1.63. The number of amides is 2. The second-order valence-electron chi connectivity index (χ2n) is 8.47. The number of ether oxygens (including phenoxy) is 2. The van der Waals surface area contributed by atoms with E-state index >= 15 is 0 Å². The summed E-state index contributed by atoms with van der Waals surface area (Å²) in [5.41, 5.74) is 1.36. The topological polar surface area (TPSA) is 62.8 Å². The fraction of sp³-hybridized carbons (Fsp3) is 0.682. The Labute approximate surface area is 168 Å². The minimum atomic E-state index is -0.362. The molecule has 1 aliphatic carbocycles. The molecule has 1 atom stereocenters. The fourth-order valence-corrected chi connectivity index (χ4v) is 4.76. The first-order valence-electron chi connectivity index (χ1n) is 10.8. The van der Waals surface area contributed by atoms with Gasteiger partial charge in [-0.25, -0.2) is 4.79 Å². The van der Waals surface area contributed by atoms with Gasteiger partial charge >= 0.3 is 6.03 Å². The summed E-state index contributed by atoms with van der Waals surface area (Å²) in [6.07, 6.45) is 5.96. The highest BCUT2D eigenvalue weighted by atomic mass is 16.7. The summed E-state index contributed by atoms with van der Waals surface area (Å²) in [5, 5.41) is 6.25. The minimum Gasteiger partial charge on any atom is -0.348 e. The number of piperidine rings is 1. The lowest BCUT2D eigenvalue weighted by Gasteiger charge is -2.36. The van der Waals surface area contributed by atoms with E-state index in [2.05, 4.69) is 45.9 Å². The van der Waals surface area contributed by atoms with Crippen LogP contribution in [0.25, 0.3) is 0 Å². The molecule has 6 heteroatoms. The Morgan fingerprint density at radius 2 is 1.86 bits per heavy atom. The molecular weight excluding hydrogens is 354 g/mol. The summed E-state index contributed by atoms with van der Waals surface area (Å²) in [4.78, 5) is 14.8. The van der Waals surface area contributed by atoms with Crippen LogP contribution in [0.15, 0.2) is 30.3 Å². The van der Waals surface area contributed by atoms with E-state index in [-0.39, 0.29) is 17.9 Å². The van der Waals surface area contributed by atoms with Crippen LogP contribution in [0.4, 0.5) is 4.79 Å². The van der Waals surface area contributed by atoms with Crippen molar-refractivity contribution >= 4 is 6.03 Å². The van der Waals surface area contributed by atoms with Gasteiger partial charge in [-0.2, -0.15) is 0 Å². The quantitative estimate of drug-likeness (QED) is 0.816. The minimum absolute atomic E-state index is 0.0330. The van der Waals surface area contributed by atoms with Gasteiger partial charge in [0.25, 0.3) is 0 Å². The maximum absolute atomic E-state index is 12.3. The van der Waals surface area contributed by atoms with Crippen LogP contribution < -0.4 is 10.6 Å². The molecule has 2 heterocycles. The van der Waals surface area contributed by atoms with Crippen LogP contribution in [0.2, 0.25) is 0 Å². The average molecular weight is 388 g/mol. The fourth-order valence-electron chi connectivity index (χ4n) is 4.76. The van der Waals surface area contributed by atoms with Gasteiger partial charge in [-0.1, -0.05) is 30.3 Å². The van der Waals surface area contributed by atoms with E-state index in [1.54, 1.807) is 0 Å². The molecule has 2 saturated heterocycles. The molecule has 154 valence electrons. The number of hydrogen-bond donors (Lipinski definition) is 2. The summed E-state index contributed by atoms with van der Waals surface area (Å²) in [6, 6.07) is 10.8. The maximum Gasteiger partial charge on any atom is 0.315 e. The Kier molecular flexibility index (Phi) is 6.50. The molecule has 1 unspecified atom stereocenters. The Morgan fingerprint density at radius 3 is 2.61 bits per heavy atom. The lowest BCUT2D eigenvalue weighted by Crippen LogP contribution is -2.49. The number of carbonyl (C=O) groups is 1. The van der Waals surface area contributed by atoms with Crippen molar-refractivity contribution in [1.82, 2.24) is 15.5 Å². The molecule has 3 aliphatic rings. The highest BCUT2D eigenvalue weighted by molar-refractivity contribution is 5.74. The molecule has 28 heavy (non-hydrogen) atoms. The third kappa shape index (κ3) is 5.25. The van der Waals surface area contributed by atoms with Gasteiger partial charge in [0, 0.05) is 38.5 Å². The van der Waals surface area contributed by atoms with Crippen molar-refractivity contribution in [2.45, 2.75) is 56.9 Å². The summed E-state index contributed by atoms with van der Waals surface area (Å²) >= 11 is 0. The number of rotatable bonds is 5. The third-order valence-electron chi connectivity index (χ3n) is 6.30. The molecule has 2 aliphatic heterocycles. The van der Waals surface area contributed by atoms with Crippen molar-refractivity contribution in [3.63, 3.8) is 0 Å². The Morgan fingerprint density at radius 1 is 1.11 bits per heavy atom. The zero-order valence-electron chi connectivity index (χ0n) is 16.7. The highest BCUT2D eigenvalue weighted by Crippen LogP contribution is 2.35. The summed E-state index contributed by atoms with van der Waals surface area (Å²) in [7, 11) is 0. The molecule has 4 rings (SSSR count). The van der Waals surface area contributed by atoms with Crippen LogP contribution in [0, 0.1) is 5.92 Å². The van der Waals surface area contributed by atoms with Crippen molar-refractivity contribution in [2.24, 2.45) is 5.92 Å². The van der Waals surface area contributed by atoms with E-state index in [4.69, 9.17) is 9.47 Å². The first-order valence-corrected chi connectivity index (χ1v) is 10.8. The lowest BCUT2D eigenvalue weighted by atomic mass is 9.90. The molecule has 0 radical (unpaired) electrons. The summed E-state index contributed by atoms with van der Waals surface area (Å²) in [5.74, 6) is 0.164. The second kappa shape index (κ2) is 9.25. The van der Waals surface area contributed by atoms with E-state index in [1.807, 2.05) is 0 Å². The monoisotopic (exact) mass is 387 g/mol. The third-order valence-corrected chi connectivity index (χ3v) is 6.30. The molecule has 1 spiro atoms. The average Bonchev–Trinajstić information content (AvgIpc) is 3.18. The molecule has 1 aromatic rings. The van der Waals surface area contributed by atoms with Crippen molar-refractivity contribution in [3.05, 3.63) is 35.9 Å². The van der Waals surface area contributed by atoms with Gasteiger partial charge in [-0.05, 0) is 43.7 Å². The summed E-state index contributed by atoms with van der Waals surface area (Å²) < 4.78 is 11.5. The predicted molar refractivity (Wildman–Crippen MR) is 108 cm³/mol. The maximum atomic E-state index is 12.3. The van der Waals surface area contributed by atoms with Crippen LogP contribution >= 0.6 is 0 Å². The SMILES string of the molecule is O=C(NCC1CCCN(Cc2ccccc2)C1)NC1CCC2(CC1)OCCO2. The van der Waals surface area contributed by atoms with E-state index in [0.29, 0.717) is 19.1 Å². The zero-order valence-corrected chi connectivity index (χ0v) is 16.7. The first-order chi connectivity index (χ1) is 13.7. The predicted octanol–water partition coefficient (Wildman–Crippen LogP) is 2.88. The highest BCUT2D eigenvalue weighted by Gasteiger charge is 2.40. The second-order valence-corrected chi connectivity index (χ2v) is 8.47. The molecule has 1 aromatic carbocycles. The number of likely N-dealkylation sites (tertiary alicyclic amines) is 1. The molecule has 3 fully saturated rings. The smallest absolute Gasteiger partial charge is 0.315 e. The lowest BCUT2D eigenvalue weighted by molar-refractivity contribution is -0.179. The van der Waals surface area contributed by atoms with Crippen LogP contribution in [-0.4, -0.2) is 55.6 Å².